The zero-order valence-electron chi connectivity index (χ0n) is 11.4. The summed E-state index contributed by atoms with van der Waals surface area (Å²) in [5.41, 5.74) is 0. The Labute approximate surface area is 105 Å². The number of ether oxygens (including phenoxy) is 1. The Morgan fingerprint density at radius 2 is 2.12 bits per heavy atom. The van der Waals surface area contributed by atoms with E-state index in [0.29, 0.717) is 6.61 Å². The largest absolute Gasteiger partial charge is 0.384 e. The van der Waals surface area contributed by atoms with E-state index in [1.54, 1.807) is 7.11 Å². The number of carbonyl (C=O) groups excluding carboxylic acids is 1. The molecule has 0 radical (unpaired) electrons. The molecule has 0 aliphatic carbocycles. The van der Waals surface area contributed by atoms with Crippen LogP contribution in [0.5, 0.6) is 0 Å². The summed E-state index contributed by atoms with van der Waals surface area (Å²) in [7, 11) is 3.64. The van der Waals surface area contributed by atoms with Gasteiger partial charge in [-0.2, -0.15) is 0 Å². The molecule has 0 saturated carbocycles. The average Bonchev–Trinajstić information content (AvgIpc) is 2.36. The lowest BCUT2D eigenvalue weighted by atomic mass is 9.93. The van der Waals surface area contributed by atoms with Crippen molar-refractivity contribution in [2.24, 2.45) is 11.8 Å². The Hall–Kier alpha value is -0.610. The number of amides is 1. The van der Waals surface area contributed by atoms with Crippen LogP contribution in [0.15, 0.2) is 0 Å². The summed E-state index contributed by atoms with van der Waals surface area (Å²) in [5.74, 6) is 1.03. The zero-order valence-corrected chi connectivity index (χ0v) is 11.4. The second-order valence-corrected chi connectivity index (χ2v) is 5.02. The van der Waals surface area contributed by atoms with Crippen molar-refractivity contribution in [1.82, 2.24) is 10.2 Å². The minimum absolute atomic E-state index is 0.00569. The van der Waals surface area contributed by atoms with Crippen LogP contribution in [0.2, 0.25) is 0 Å². The van der Waals surface area contributed by atoms with Crippen molar-refractivity contribution in [2.45, 2.75) is 26.2 Å². The van der Waals surface area contributed by atoms with Gasteiger partial charge in [-0.15, -0.1) is 0 Å². The van der Waals surface area contributed by atoms with Gasteiger partial charge in [0.25, 0.3) is 0 Å². The highest BCUT2D eigenvalue weighted by molar-refractivity contribution is 5.78. The Bertz CT molecular complexity index is 225. The van der Waals surface area contributed by atoms with Gasteiger partial charge in [0.15, 0.2) is 0 Å². The van der Waals surface area contributed by atoms with Crippen LogP contribution in [-0.2, 0) is 9.53 Å². The number of nitrogens with one attached hydrogen (secondary N) is 1. The summed E-state index contributed by atoms with van der Waals surface area (Å²) in [6, 6.07) is 0. The first kappa shape index (κ1) is 14.5. The van der Waals surface area contributed by atoms with Crippen LogP contribution in [0, 0.1) is 11.8 Å². The normalized spacial score (nSPS) is 19.4. The number of likely N-dealkylation sites (tertiary alicyclic amines) is 1. The summed E-state index contributed by atoms with van der Waals surface area (Å²) in [6.07, 6.45) is 3.52. The van der Waals surface area contributed by atoms with Crippen molar-refractivity contribution in [2.75, 3.05) is 40.4 Å². The van der Waals surface area contributed by atoms with Gasteiger partial charge < -0.3 is 15.0 Å². The minimum atomic E-state index is -0.00569. The average molecular weight is 242 g/mol. The molecule has 1 atom stereocenters. The second kappa shape index (κ2) is 7.67. The third kappa shape index (κ3) is 4.64. The number of hydrogen-bond donors (Lipinski definition) is 1. The molecule has 1 saturated heterocycles. The molecule has 4 nitrogen and oxygen atoms in total. The van der Waals surface area contributed by atoms with E-state index < -0.39 is 0 Å². The Kier molecular flexibility index (Phi) is 6.52. The van der Waals surface area contributed by atoms with Crippen LogP contribution in [0.1, 0.15) is 26.2 Å². The maximum atomic E-state index is 12.0. The molecular formula is C13H26N2O2. The van der Waals surface area contributed by atoms with Crippen LogP contribution in [0.4, 0.5) is 0 Å². The van der Waals surface area contributed by atoms with Gasteiger partial charge in [0, 0.05) is 20.2 Å². The first-order chi connectivity index (χ1) is 8.19. The predicted octanol–water partition coefficient (Wildman–Crippen LogP) is 1.12. The van der Waals surface area contributed by atoms with Gasteiger partial charge in [-0.25, -0.2) is 0 Å². The van der Waals surface area contributed by atoms with Crippen molar-refractivity contribution in [1.29, 1.82) is 0 Å². The standard InChI is InChI=1S/C13H26N2O2/c1-11(10-17-3)13(16)15-8-5-12(6-9-15)4-7-14-2/h11-12,14H,4-10H2,1-3H3. The van der Waals surface area contributed by atoms with Gasteiger partial charge in [-0.05, 0) is 38.8 Å². The van der Waals surface area contributed by atoms with Crippen LogP contribution in [0.25, 0.3) is 0 Å². The first-order valence-electron chi connectivity index (χ1n) is 6.61. The quantitative estimate of drug-likeness (QED) is 0.759. The molecule has 1 fully saturated rings. The van der Waals surface area contributed by atoms with Gasteiger partial charge >= 0.3 is 0 Å². The molecule has 0 aromatic heterocycles. The molecule has 1 heterocycles. The maximum absolute atomic E-state index is 12.0. The number of piperidine rings is 1. The van der Waals surface area contributed by atoms with E-state index in [9.17, 15) is 4.79 Å². The number of carbonyl (C=O) groups is 1. The Morgan fingerprint density at radius 1 is 1.47 bits per heavy atom. The first-order valence-corrected chi connectivity index (χ1v) is 6.61. The lowest BCUT2D eigenvalue weighted by molar-refractivity contribution is -0.138. The molecule has 17 heavy (non-hydrogen) atoms. The molecule has 4 heteroatoms. The highest BCUT2D eigenvalue weighted by Crippen LogP contribution is 2.21. The van der Waals surface area contributed by atoms with E-state index in [0.717, 1.165) is 38.4 Å². The Balaban J connectivity index is 2.28. The highest BCUT2D eigenvalue weighted by atomic mass is 16.5. The lowest BCUT2D eigenvalue weighted by Gasteiger charge is -2.33. The highest BCUT2D eigenvalue weighted by Gasteiger charge is 2.25. The van der Waals surface area contributed by atoms with Crippen molar-refractivity contribution in [3.63, 3.8) is 0 Å². The summed E-state index contributed by atoms with van der Waals surface area (Å²) in [6.45, 7) is 5.39. The van der Waals surface area contributed by atoms with Gasteiger partial charge in [0.2, 0.25) is 5.91 Å². The molecule has 0 bridgehead atoms. The van der Waals surface area contributed by atoms with E-state index >= 15 is 0 Å². The molecular weight excluding hydrogens is 216 g/mol. The van der Waals surface area contributed by atoms with Gasteiger partial charge in [0.1, 0.15) is 0 Å². The molecule has 1 aliphatic rings. The van der Waals surface area contributed by atoms with E-state index in [-0.39, 0.29) is 11.8 Å². The van der Waals surface area contributed by atoms with Crippen LogP contribution in [-0.4, -0.2) is 51.2 Å². The van der Waals surface area contributed by atoms with E-state index in [4.69, 9.17) is 4.74 Å². The molecule has 0 spiro atoms. The minimum Gasteiger partial charge on any atom is -0.384 e. The Morgan fingerprint density at radius 3 is 2.65 bits per heavy atom. The molecule has 1 amide bonds. The molecule has 1 aliphatic heterocycles. The second-order valence-electron chi connectivity index (χ2n) is 5.02. The smallest absolute Gasteiger partial charge is 0.227 e. The molecule has 0 aromatic rings. The lowest BCUT2D eigenvalue weighted by Crippen LogP contribution is -2.42. The van der Waals surface area contributed by atoms with Crippen LogP contribution >= 0.6 is 0 Å². The number of nitrogens with zero attached hydrogens (tertiary/aromatic N) is 1. The molecule has 100 valence electrons. The van der Waals surface area contributed by atoms with Crippen molar-refractivity contribution in [3.8, 4) is 0 Å². The monoisotopic (exact) mass is 242 g/mol. The maximum Gasteiger partial charge on any atom is 0.227 e. The van der Waals surface area contributed by atoms with Gasteiger partial charge in [0.05, 0.1) is 12.5 Å². The molecule has 1 unspecified atom stereocenters. The fourth-order valence-corrected chi connectivity index (χ4v) is 2.42. The van der Waals surface area contributed by atoms with Crippen molar-refractivity contribution in [3.05, 3.63) is 0 Å². The number of hydrogen-bond acceptors (Lipinski definition) is 3. The fourth-order valence-electron chi connectivity index (χ4n) is 2.42. The SMILES string of the molecule is CNCCC1CCN(C(=O)C(C)COC)CC1. The van der Waals surface area contributed by atoms with Crippen LogP contribution < -0.4 is 5.32 Å². The summed E-state index contributed by atoms with van der Waals surface area (Å²) < 4.78 is 5.03. The van der Waals surface area contributed by atoms with Crippen molar-refractivity contribution >= 4 is 5.91 Å². The number of rotatable bonds is 6. The topological polar surface area (TPSA) is 41.6 Å². The third-order valence-electron chi connectivity index (χ3n) is 3.57. The van der Waals surface area contributed by atoms with E-state index in [1.165, 1.54) is 6.42 Å². The van der Waals surface area contributed by atoms with E-state index in [2.05, 4.69) is 5.32 Å². The molecule has 0 aromatic carbocycles. The fraction of sp³-hybridized carbons (Fsp3) is 0.923. The zero-order chi connectivity index (χ0) is 12.7. The summed E-state index contributed by atoms with van der Waals surface area (Å²) >= 11 is 0. The molecule has 1 N–H and O–H groups in total. The number of methoxy groups -OCH3 is 1. The summed E-state index contributed by atoms with van der Waals surface area (Å²) in [4.78, 5) is 14.0. The van der Waals surface area contributed by atoms with Crippen LogP contribution in [0.3, 0.4) is 0 Å². The van der Waals surface area contributed by atoms with Gasteiger partial charge in [-0.1, -0.05) is 6.92 Å². The predicted molar refractivity (Wildman–Crippen MR) is 68.9 cm³/mol. The summed E-state index contributed by atoms with van der Waals surface area (Å²) in [5, 5.41) is 3.19. The third-order valence-corrected chi connectivity index (χ3v) is 3.57. The molecule has 1 rings (SSSR count). The van der Waals surface area contributed by atoms with Crippen molar-refractivity contribution < 1.29 is 9.53 Å². The van der Waals surface area contributed by atoms with Gasteiger partial charge in [-0.3, -0.25) is 4.79 Å². The van der Waals surface area contributed by atoms with E-state index in [1.807, 2.05) is 18.9 Å².